The number of carbonyl (C=O) groups is 1. The molecule has 1 aliphatic heterocycles. The van der Waals surface area contributed by atoms with Gasteiger partial charge >= 0.3 is 12.3 Å². The molecule has 2 N–H and O–H groups in total. The molecule has 3 atom stereocenters. The van der Waals surface area contributed by atoms with E-state index in [4.69, 9.17) is 4.74 Å². The molecule has 0 aliphatic carbocycles. The minimum atomic E-state index is -4.48. The first kappa shape index (κ1) is 35.2. The summed E-state index contributed by atoms with van der Waals surface area (Å²) in [6.45, 7) is 2.20. The van der Waals surface area contributed by atoms with Crippen LogP contribution >= 0.6 is 0 Å². The number of halogens is 5. The molecule has 1 fully saturated rings. The standard InChI is InChI=1S/C31H35F5N4O5S/c1-3-30(32,33)45-19-25-12-7-22(20-5-10-24(11-6-20)31(34,35)36)17-40(25)29-37-15-23(16-38-29)28(42)39-27(18-41)21-8-13-26(14-9-21)46(43,44)4-2/h5-6,8-11,13-16,22,25,27,41H,3-4,7,12,17-19H2,1-2H3,(H,39,42)/t22-,25+,27+/m1/s1. The fraction of sp³-hybridized carbons (Fsp3) is 0.452. The number of aromatic nitrogens is 2. The normalized spacial score (nSPS) is 18.3. The summed E-state index contributed by atoms with van der Waals surface area (Å²) in [7, 11) is -3.43. The monoisotopic (exact) mass is 670 g/mol. The Morgan fingerprint density at radius 1 is 1.02 bits per heavy atom. The molecule has 0 unspecified atom stereocenters. The number of nitrogens with zero attached hydrogens (tertiary/aromatic N) is 3. The molecular weight excluding hydrogens is 635 g/mol. The van der Waals surface area contributed by atoms with Crippen LogP contribution in [0.4, 0.5) is 27.9 Å². The van der Waals surface area contributed by atoms with Crippen LogP contribution in [0.5, 0.6) is 0 Å². The predicted molar refractivity (Wildman–Crippen MR) is 159 cm³/mol. The van der Waals surface area contributed by atoms with Crippen LogP contribution in [0.3, 0.4) is 0 Å². The number of anilines is 1. The van der Waals surface area contributed by atoms with Gasteiger partial charge in [0, 0.05) is 31.3 Å². The smallest absolute Gasteiger partial charge is 0.394 e. The van der Waals surface area contributed by atoms with Gasteiger partial charge in [-0.05, 0) is 48.2 Å². The molecule has 1 saturated heterocycles. The molecule has 9 nitrogen and oxygen atoms in total. The summed E-state index contributed by atoms with van der Waals surface area (Å²) in [5.41, 5.74) is 0.369. The number of carbonyl (C=O) groups excluding carboxylic acids is 1. The summed E-state index contributed by atoms with van der Waals surface area (Å²) >= 11 is 0. The van der Waals surface area contributed by atoms with E-state index in [-0.39, 0.29) is 41.2 Å². The molecule has 15 heteroatoms. The Labute approximate surface area is 263 Å². The number of sulfone groups is 1. The fourth-order valence-corrected chi connectivity index (χ4v) is 6.00. The van der Waals surface area contributed by atoms with Crippen LogP contribution in [0.2, 0.25) is 0 Å². The molecule has 2 heterocycles. The van der Waals surface area contributed by atoms with Gasteiger partial charge in [0.05, 0.1) is 47.1 Å². The Balaban J connectivity index is 1.51. The molecule has 0 saturated carbocycles. The topological polar surface area (TPSA) is 122 Å². The highest BCUT2D eigenvalue weighted by Gasteiger charge is 2.36. The SMILES string of the molecule is CCC(F)(F)OC[C@@H]1CC[C@@H](c2ccc(C(F)(F)F)cc2)CN1c1ncc(C(=O)N[C@@H](CO)c2ccc(S(=O)(=O)CC)cc2)cn1. The van der Waals surface area contributed by atoms with Gasteiger partial charge in [0.15, 0.2) is 9.84 Å². The van der Waals surface area contributed by atoms with E-state index in [9.17, 15) is 40.3 Å². The van der Waals surface area contributed by atoms with Crippen LogP contribution in [0.15, 0.2) is 65.8 Å². The molecule has 1 amide bonds. The summed E-state index contributed by atoms with van der Waals surface area (Å²) in [5, 5.41) is 12.6. The third-order valence-electron chi connectivity index (χ3n) is 7.98. The van der Waals surface area contributed by atoms with E-state index in [1.807, 2.05) is 0 Å². The van der Waals surface area contributed by atoms with Gasteiger partial charge in [-0.15, -0.1) is 0 Å². The number of nitrogens with one attached hydrogen (secondary N) is 1. The summed E-state index contributed by atoms with van der Waals surface area (Å²) < 4.78 is 96.2. The lowest BCUT2D eigenvalue weighted by atomic mass is 9.87. The van der Waals surface area contributed by atoms with Crippen molar-refractivity contribution < 1.29 is 45.0 Å². The first-order valence-corrected chi connectivity index (χ1v) is 16.3. The van der Waals surface area contributed by atoms with Crippen molar-refractivity contribution in [3.63, 3.8) is 0 Å². The Hall–Kier alpha value is -3.69. The van der Waals surface area contributed by atoms with Crippen LogP contribution in [-0.2, 0) is 20.8 Å². The molecule has 3 aromatic rings. The average Bonchev–Trinajstić information content (AvgIpc) is 3.06. The van der Waals surface area contributed by atoms with Crippen LogP contribution in [-0.4, -0.2) is 67.1 Å². The van der Waals surface area contributed by atoms with E-state index >= 15 is 0 Å². The number of benzene rings is 2. The molecule has 0 spiro atoms. The van der Waals surface area contributed by atoms with Crippen molar-refractivity contribution in [2.24, 2.45) is 0 Å². The van der Waals surface area contributed by atoms with Gasteiger partial charge in [0.1, 0.15) is 0 Å². The highest BCUT2D eigenvalue weighted by Crippen LogP contribution is 2.35. The Morgan fingerprint density at radius 3 is 2.20 bits per heavy atom. The molecule has 250 valence electrons. The van der Waals surface area contributed by atoms with Crippen molar-refractivity contribution in [2.45, 2.75) is 68.3 Å². The third-order valence-corrected chi connectivity index (χ3v) is 9.73. The van der Waals surface area contributed by atoms with E-state index in [1.165, 1.54) is 62.6 Å². The number of hydrogen-bond donors (Lipinski definition) is 2. The Bertz CT molecular complexity index is 1570. The zero-order valence-corrected chi connectivity index (χ0v) is 26.0. The lowest BCUT2D eigenvalue weighted by Crippen LogP contribution is -2.47. The largest absolute Gasteiger partial charge is 0.416 e. The fourth-order valence-electron chi connectivity index (χ4n) is 5.12. The molecular formula is C31H35F5N4O5S. The Morgan fingerprint density at radius 2 is 1.65 bits per heavy atom. The summed E-state index contributed by atoms with van der Waals surface area (Å²) in [6.07, 6.45) is -4.99. The highest BCUT2D eigenvalue weighted by atomic mass is 32.2. The number of rotatable bonds is 12. The minimum Gasteiger partial charge on any atom is -0.394 e. The van der Waals surface area contributed by atoms with Crippen LogP contribution in [0, 0.1) is 0 Å². The van der Waals surface area contributed by atoms with Gasteiger partial charge in [-0.25, -0.2) is 18.4 Å². The molecule has 2 aromatic carbocycles. The van der Waals surface area contributed by atoms with Crippen molar-refractivity contribution in [3.05, 3.63) is 83.2 Å². The molecule has 1 aromatic heterocycles. The number of aliphatic hydroxyl groups excluding tert-OH is 1. The van der Waals surface area contributed by atoms with E-state index < -0.39 is 58.7 Å². The lowest BCUT2D eigenvalue weighted by molar-refractivity contribution is -0.242. The first-order chi connectivity index (χ1) is 21.7. The predicted octanol–water partition coefficient (Wildman–Crippen LogP) is 5.52. The number of hydrogen-bond acceptors (Lipinski definition) is 8. The second kappa shape index (κ2) is 14.4. The maximum atomic E-state index is 13.9. The van der Waals surface area contributed by atoms with Crippen molar-refractivity contribution in [1.82, 2.24) is 15.3 Å². The van der Waals surface area contributed by atoms with Crippen molar-refractivity contribution >= 4 is 21.7 Å². The molecule has 0 bridgehead atoms. The lowest BCUT2D eigenvalue weighted by Gasteiger charge is -2.40. The van der Waals surface area contributed by atoms with Crippen LogP contribution < -0.4 is 10.2 Å². The highest BCUT2D eigenvalue weighted by molar-refractivity contribution is 7.91. The van der Waals surface area contributed by atoms with Gasteiger partial charge in [-0.2, -0.15) is 22.0 Å². The minimum absolute atomic E-state index is 0.0361. The average molecular weight is 671 g/mol. The zero-order chi connectivity index (χ0) is 33.7. The number of aliphatic hydroxyl groups is 1. The quantitative estimate of drug-likeness (QED) is 0.242. The first-order valence-electron chi connectivity index (χ1n) is 14.7. The third kappa shape index (κ3) is 8.56. The number of piperidine rings is 1. The Kier molecular flexibility index (Phi) is 11.0. The van der Waals surface area contributed by atoms with Crippen molar-refractivity contribution in [1.29, 1.82) is 0 Å². The van der Waals surface area contributed by atoms with E-state index in [0.29, 0.717) is 24.0 Å². The van der Waals surface area contributed by atoms with Gasteiger partial charge in [-0.1, -0.05) is 38.1 Å². The molecule has 46 heavy (non-hydrogen) atoms. The van der Waals surface area contributed by atoms with Gasteiger partial charge < -0.3 is 20.1 Å². The van der Waals surface area contributed by atoms with Crippen LogP contribution in [0.1, 0.15) is 72.1 Å². The molecule has 0 radical (unpaired) electrons. The molecule has 4 rings (SSSR count). The number of alkyl halides is 5. The summed E-state index contributed by atoms with van der Waals surface area (Å²) in [4.78, 5) is 23.4. The van der Waals surface area contributed by atoms with Crippen molar-refractivity contribution in [3.8, 4) is 0 Å². The maximum Gasteiger partial charge on any atom is 0.416 e. The van der Waals surface area contributed by atoms with E-state index in [2.05, 4.69) is 15.3 Å². The van der Waals surface area contributed by atoms with Gasteiger partial charge in [0.2, 0.25) is 5.95 Å². The molecule has 1 aliphatic rings. The number of ether oxygens (including phenoxy) is 1. The van der Waals surface area contributed by atoms with Crippen LogP contribution in [0.25, 0.3) is 0 Å². The summed E-state index contributed by atoms with van der Waals surface area (Å²) in [6, 6.07) is 9.16. The van der Waals surface area contributed by atoms with E-state index in [0.717, 1.165) is 12.1 Å². The maximum absolute atomic E-state index is 13.9. The van der Waals surface area contributed by atoms with Gasteiger partial charge in [-0.3, -0.25) is 4.79 Å². The zero-order valence-electron chi connectivity index (χ0n) is 25.2. The van der Waals surface area contributed by atoms with Crippen molar-refractivity contribution in [2.75, 3.05) is 30.4 Å². The second-order valence-electron chi connectivity index (χ2n) is 11.0. The summed E-state index contributed by atoms with van der Waals surface area (Å²) in [5.74, 6) is -0.831. The second-order valence-corrected chi connectivity index (χ2v) is 13.2. The van der Waals surface area contributed by atoms with Gasteiger partial charge in [0.25, 0.3) is 5.91 Å². The number of amides is 1. The van der Waals surface area contributed by atoms with E-state index in [1.54, 1.807) is 4.90 Å².